The standard InChI is InChI=1S/C21H27N3O4/c1-2-8-23-12-17(11-22-23)21(26)9-18-14-27-15-19(10-21)24(18)20(25)28-13-16-6-4-3-5-7-16/h3-7,11-12,18-19,26H,2,8-10,13-15H2,1H3. The topological polar surface area (TPSA) is 76.8 Å². The van der Waals surface area contributed by atoms with E-state index < -0.39 is 5.60 Å². The van der Waals surface area contributed by atoms with E-state index >= 15 is 0 Å². The molecule has 7 nitrogen and oxygen atoms in total. The Hall–Kier alpha value is -2.38. The molecule has 2 atom stereocenters. The Morgan fingerprint density at radius 2 is 2.00 bits per heavy atom. The van der Waals surface area contributed by atoms with Crippen LogP contribution in [0.25, 0.3) is 0 Å². The fourth-order valence-corrected chi connectivity index (χ4v) is 4.26. The molecule has 1 aromatic heterocycles. The first-order chi connectivity index (χ1) is 13.6. The van der Waals surface area contributed by atoms with E-state index in [1.54, 1.807) is 11.1 Å². The van der Waals surface area contributed by atoms with Crippen molar-refractivity contribution in [3.05, 3.63) is 53.9 Å². The Morgan fingerprint density at radius 1 is 1.29 bits per heavy atom. The zero-order valence-electron chi connectivity index (χ0n) is 16.2. The van der Waals surface area contributed by atoms with E-state index in [0.717, 1.165) is 24.1 Å². The minimum Gasteiger partial charge on any atom is -0.445 e. The third-order valence-corrected chi connectivity index (χ3v) is 5.59. The first kappa shape index (κ1) is 19.0. The molecule has 2 fully saturated rings. The molecule has 3 heterocycles. The third kappa shape index (κ3) is 3.77. The summed E-state index contributed by atoms with van der Waals surface area (Å²) >= 11 is 0. The van der Waals surface area contributed by atoms with Gasteiger partial charge in [-0.25, -0.2) is 4.79 Å². The Morgan fingerprint density at radius 3 is 2.68 bits per heavy atom. The Bertz CT molecular complexity index is 793. The number of carbonyl (C=O) groups is 1. The highest BCUT2D eigenvalue weighted by atomic mass is 16.6. The first-order valence-electron chi connectivity index (χ1n) is 9.91. The maximum atomic E-state index is 12.8. The normalized spacial score (nSPS) is 26.9. The molecule has 2 saturated heterocycles. The van der Waals surface area contributed by atoms with Crippen LogP contribution in [0.2, 0.25) is 0 Å². The van der Waals surface area contributed by atoms with Gasteiger partial charge in [-0.05, 0) is 12.0 Å². The van der Waals surface area contributed by atoms with Crippen molar-refractivity contribution in [2.24, 2.45) is 0 Å². The van der Waals surface area contributed by atoms with Crippen molar-refractivity contribution in [3.8, 4) is 0 Å². The van der Waals surface area contributed by atoms with Crippen LogP contribution in [0.4, 0.5) is 4.79 Å². The molecule has 7 heteroatoms. The maximum absolute atomic E-state index is 12.8. The van der Waals surface area contributed by atoms with Gasteiger partial charge in [-0.2, -0.15) is 5.10 Å². The van der Waals surface area contributed by atoms with Gasteiger partial charge in [0.1, 0.15) is 6.61 Å². The molecule has 2 bridgehead atoms. The van der Waals surface area contributed by atoms with Gasteiger partial charge in [0.2, 0.25) is 0 Å². The fraction of sp³-hybridized carbons (Fsp3) is 0.524. The summed E-state index contributed by atoms with van der Waals surface area (Å²) in [5.74, 6) is 0. The highest BCUT2D eigenvalue weighted by molar-refractivity contribution is 5.69. The van der Waals surface area contributed by atoms with Crippen LogP contribution in [0.3, 0.4) is 0 Å². The molecule has 2 aliphatic heterocycles. The first-order valence-corrected chi connectivity index (χ1v) is 9.91. The van der Waals surface area contributed by atoms with Crippen LogP contribution in [0.1, 0.15) is 37.3 Å². The lowest BCUT2D eigenvalue weighted by molar-refractivity contribution is -0.137. The molecule has 2 aromatic rings. The highest BCUT2D eigenvalue weighted by Crippen LogP contribution is 2.41. The predicted octanol–water partition coefficient (Wildman–Crippen LogP) is 2.68. The van der Waals surface area contributed by atoms with E-state index in [0.29, 0.717) is 26.1 Å². The summed E-state index contributed by atoms with van der Waals surface area (Å²) in [6, 6.07) is 9.21. The van der Waals surface area contributed by atoms with Crippen molar-refractivity contribution < 1.29 is 19.4 Å². The second kappa shape index (κ2) is 7.93. The second-order valence-electron chi connectivity index (χ2n) is 7.72. The lowest BCUT2D eigenvalue weighted by atomic mass is 9.78. The van der Waals surface area contributed by atoms with Crippen LogP contribution >= 0.6 is 0 Å². The number of morpholine rings is 1. The van der Waals surface area contributed by atoms with E-state index in [1.807, 2.05) is 41.2 Å². The molecule has 1 aromatic carbocycles. The molecule has 0 radical (unpaired) electrons. The molecule has 0 spiro atoms. The number of nitrogens with zero attached hydrogens (tertiary/aromatic N) is 3. The van der Waals surface area contributed by atoms with Crippen LogP contribution in [-0.2, 0) is 28.2 Å². The summed E-state index contributed by atoms with van der Waals surface area (Å²) in [5.41, 5.74) is 0.769. The number of aromatic nitrogens is 2. The SMILES string of the molecule is CCCn1cc(C2(O)CC3COCC(C2)N3C(=O)OCc2ccccc2)cn1. The number of fused-ring (bicyclic) bond motifs is 2. The molecule has 0 saturated carbocycles. The quantitative estimate of drug-likeness (QED) is 0.856. The lowest BCUT2D eigenvalue weighted by Crippen LogP contribution is -2.62. The number of ether oxygens (including phenoxy) is 2. The number of rotatable bonds is 5. The summed E-state index contributed by atoms with van der Waals surface area (Å²) in [6.07, 6.45) is 5.15. The monoisotopic (exact) mass is 385 g/mol. The van der Waals surface area contributed by atoms with Crippen LogP contribution in [0.5, 0.6) is 0 Å². The van der Waals surface area contributed by atoms with Gasteiger partial charge in [0, 0.05) is 31.1 Å². The van der Waals surface area contributed by atoms with Gasteiger partial charge in [-0.1, -0.05) is 37.3 Å². The van der Waals surface area contributed by atoms with Crippen molar-refractivity contribution in [2.75, 3.05) is 13.2 Å². The van der Waals surface area contributed by atoms with Gasteiger partial charge in [-0.15, -0.1) is 0 Å². The average Bonchev–Trinajstić information content (AvgIpc) is 3.16. The molecular formula is C21H27N3O4. The predicted molar refractivity (Wildman–Crippen MR) is 103 cm³/mol. The summed E-state index contributed by atoms with van der Waals surface area (Å²) in [7, 11) is 0. The smallest absolute Gasteiger partial charge is 0.410 e. The van der Waals surface area contributed by atoms with Gasteiger partial charge in [-0.3, -0.25) is 9.58 Å². The lowest BCUT2D eigenvalue weighted by Gasteiger charge is -2.50. The number of benzene rings is 1. The summed E-state index contributed by atoms with van der Waals surface area (Å²) in [6.45, 7) is 3.97. The van der Waals surface area contributed by atoms with Crippen LogP contribution < -0.4 is 0 Å². The van der Waals surface area contributed by atoms with E-state index in [2.05, 4.69) is 12.0 Å². The number of hydrogen-bond acceptors (Lipinski definition) is 5. The van der Waals surface area contributed by atoms with Crippen LogP contribution in [0, 0.1) is 0 Å². The summed E-state index contributed by atoms with van der Waals surface area (Å²) < 4.78 is 13.1. The van der Waals surface area contributed by atoms with Crippen molar-refractivity contribution in [1.29, 1.82) is 0 Å². The molecule has 2 aliphatic rings. The minimum absolute atomic E-state index is 0.213. The highest BCUT2D eigenvalue weighted by Gasteiger charge is 2.49. The van der Waals surface area contributed by atoms with E-state index in [1.165, 1.54) is 0 Å². The molecule has 0 aliphatic carbocycles. The number of aryl methyl sites for hydroxylation is 1. The second-order valence-corrected chi connectivity index (χ2v) is 7.72. The Balaban J connectivity index is 1.46. The number of piperidine rings is 1. The summed E-state index contributed by atoms with van der Waals surface area (Å²) in [5, 5.41) is 15.7. The Kier molecular flexibility index (Phi) is 5.37. The molecule has 1 N–H and O–H groups in total. The van der Waals surface area contributed by atoms with E-state index in [4.69, 9.17) is 9.47 Å². The van der Waals surface area contributed by atoms with Gasteiger partial charge < -0.3 is 14.6 Å². The molecule has 28 heavy (non-hydrogen) atoms. The van der Waals surface area contributed by atoms with Crippen molar-refractivity contribution in [1.82, 2.24) is 14.7 Å². The van der Waals surface area contributed by atoms with Crippen molar-refractivity contribution in [3.63, 3.8) is 0 Å². The van der Waals surface area contributed by atoms with E-state index in [-0.39, 0.29) is 24.8 Å². The number of hydrogen-bond donors (Lipinski definition) is 1. The van der Waals surface area contributed by atoms with Gasteiger partial charge in [0.25, 0.3) is 0 Å². The van der Waals surface area contributed by atoms with Crippen molar-refractivity contribution >= 4 is 6.09 Å². The number of carbonyl (C=O) groups excluding carboxylic acids is 1. The minimum atomic E-state index is -0.999. The van der Waals surface area contributed by atoms with Gasteiger partial charge >= 0.3 is 6.09 Å². The zero-order valence-corrected chi connectivity index (χ0v) is 16.2. The fourth-order valence-electron chi connectivity index (χ4n) is 4.26. The van der Waals surface area contributed by atoms with Crippen LogP contribution in [0.15, 0.2) is 42.7 Å². The molecule has 150 valence electrons. The maximum Gasteiger partial charge on any atom is 0.410 e. The molecule has 2 unspecified atom stereocenters. The van der Waals surface area contributed by atoms with Crippen molar-refractivity contribution in [2.45, 2.75) is 57.0 Å². The number of amides is 1. The molecule has 1 amide bonds. The van der Waals surface area contributed by atoms with Gasteiger partial charge in [0.15, 0.2) is 0 Å². The molecule has 4 rings (SSSR count). The third-order valence-electron chi connectivity index (χ3n) is 5.59. The summed E-state index contributed by atoms with van der Waals surface area (Å²) in [4.78, 5) is 14.5. The zero-order chi connectivity index (χ0) is 19.6. The number of aliphatic hydroxyl groups is 1. The average molecular weight is 385 g/mol. The van der Waals surface area contributed by atoms with Gasteiger partial charge in [0.05, 0.1) is 37.1 Å². The van der Waals surface area contributed by atoms with E-state index in [9.17, 15) is 9.90 Å². The Labute approximate surface area is 164 Å². The van der Waals surface area contributed by atoms with Crippen LogP contribution in [-0.4, -0.2) is 51.2 Å². The largest absolute Gasteiger partial charge is 0.445 e. The molecular weight excluding hydrogens is 358 g/mol.